The molecule has 0 saturated heterocycles. The molecule has 0 aliphatic heterocycles. The van der Waals surface area contributed by atoms with Crippen LogP contribution in [0.1, 0.15) is 0 Å². The van der Waals surface area contributed by atoms with E-state index >= 15 is 0 Å². The Labute approximate surface area is 293 Å². The van der Waals surface area contributed by atoms with Gasteiger partial charge in [-0.05, 0) is 89.0 Å². The molecule has 238 valence electrons. The van der Waals surface area contributed by atoms with E-state index in [1.165, 1.54) is 65.9 Å². The lowest BCUT2D eigenvalue weighted by Crippen LogP contribution is -1.95. The molecule has 3 aromatic heterocycles. The topological polar surface area (TPSA) is 23.0 Å². The second kappa shape index (κ2) is 10.8. The van der Waals surface area contributed by atoms with E-state index in [9.17, 15) is 0 Å². The third-order valence-corrected chi connectivity index (χ3v) is 10.5. The van der Waals surface area contributed by atoms with Gasteiger partial charge in [-0.1, -0.05) is 115 Å². The molecule has 0 fully saturated rings. The third kappa shape index (κ3) is 4.25. The summed E-state index contributed by atoms with van der Waals surface area (Å²) in [5.41, 5.74) is 13.7. The summed E-state index contributed by atoms with van der Waals surface area (Å²) in [5, 5.41) is 7.24. The molecule has 0 aliphatic carbocycles. The van der Waals surface area contributed by atoms with Crippen molar-refractivity contribution in [1.82, 2.24) is 9.13 Å². The van der Waals surface area contributed by atoms with E-state index in [0.29, 0.717) is 0 Å². The maximum Gasteiger partial charge on any atom is 0.135 e. The Kier molecular flexibility index (Phi) is 5.96. The van der Waals surface area contributed by atoms with Crippen LogP contribution in [-0.4, -0.2) is 9.13 Å². The molecule has 0 atom stereocenters. The number of hydrogen-bond acceptors (Lipinski definition) is 1. The van der Waals surface area contributed by atoms with Crippen LogP contribution in [0.4, 0.5) is 0 Å². The fourth-order valence-electron chi connectivity index (χ4n) is 8.15. The lowest BCUT2D eigenvalue weighted by atomic mass is 10.0. The third-order valence-electron chi connectivity index (χ3n) is 10.5. The highest BCUT2D eigenvalue weighted by Crippen LogP contribution is 2.40. The maximum atomic E-state index is 6.14. The zero-order valence-corrected chi connectivity index (χ0v) is 27.6. The summed E-state index contributed by atoms with van der Waals surface area (Å²) >= 11 is 0. The molecule has 8 aromatic carbocycles. The smallest absolute Gasteiger partial charge is 0.135 e. The first-order chi connectivity index (χ1) is 25.3. The predicted octanol–water partition coefficient (Wildman–Crippen LogP) is 13.1. The molecule has 0 amide bonds. The van der Waals surface area contributed by atoms with Gasteiger partial charge in [-0.25, -0.2) is 0 Å². The van der Waals surface area contributed by atoms with Gasteiger partial charge in [-0.3, -0.25) is 0 Å². The molecule has 0 unspecified atom stereocenters. The number of aromatic nitrogens is 2. The van der Waals surface area contributed by atoms with Crippen molar-refractivity contribution in [3.8, 4) is 33.6 Å². The first-order valence-electron chi connectivity index (χ1n) is 17.4. The number of hydrogen-bond donors (Lipinski definition) is 0. The molecule has 11 aromatic rings. The first kappa shape index (κ1) is 28.0. The number of para-hydroxylation sites is 3. The minimum Gasteiger partial charge on any atom is -0.456 e. The van der Waals surface area contributed by atoms with Crippen LogP contribution in [-0.2, 0) is 0 Å². The van der Waals surface area contributed by atoms with Crippen molar-refractivity contribution in [2.24, 2.45) is 0 Å². The predicted molar refractivity (Wildman–Crippen MR) is 213 cm³/mol. The minimum absolute atomic E-state index is 0.911. The molecular weight excluding hydrogens is 621 g/mol. The standard InChI is InChI=1S/C48H30N2O/c1-2-11-31(12-3-1)32-21-24-35(25-22-32)49-43-18-7-4-15-37(43)40-30-46-41(29-45(40)49)38-16-5-8-19-44(38)50(46)36-14-10-13-33(27-36)34-23-26-48-42(28-34)39-17-6-9-20-47(39)51-48/h1-30H. The molecule has 0 aliphatic rings. The second-order valence-electron chi connectivity index (χ2n) is 13.4. The van der Waals surface area contributed by atoms with Gasteiger partial charge < -0.3 is 13.6 Å². The molecule has 0 N–H and O–H groups in total. The molecule has 3 nitrogen and oxygen atoms in total. The highest BCUT2D eigenvalue weighted by Gasteiger charge is 2.19. The highest BCUT2D eigenvalue weighted by atomic mass is 16.3. The summed E-state index contributed by atoms with van der Waals surface area (Å²) in [6.45, 7) is 0. The quantitative estimate of drug-likeness (QED) is 0.186. The first-order valence-corrected chi connectivity index (χ1v) is 17.4. The number of furan rings is 1. The van der Waals surface area contributed by atoms with Gasteiger partial charge in [0.15, 0.2) is 0 Å². The minimum atomic E-state index is 0.911. The molecule has 51 heavy (non-hydrogen) atoms. The Morgan fingerprint density at radius 2 is 0.804 bits per heavy atom. The summed E-state index contributed by atoms with van der Waals surface area (Å²) < 4.78 is 11.0. The summed E-state index contributed by atoms with van der Waals surface area (Å²) in [5.74, 6) is 0. The molecule has 11 rings (SSSR count). The zero-order valence-electron chi connectivity index (χ0n) is 27.6. The summed E-state index contributed by atoms with van der Waals surface area (Å²) in [7, 11) is 0. The number of benzene rings is 8. The van der Waals surface area contributed by atoms with Crippen molar-refractivity contribution in [2.75, 3.05) is 0 Å². The number of fused-ring (bicyclic) bond motifs is 9. The summed E-state index contributed by atoms with van der Waals surface area (Å²) in [4.78, 5) is 0. The van der Waals surface area contributed by atoms with Gasteiger partial charge in [0.05, 0.1) is 22.1 Å². The van der Waals surface area contributed by atoms with Gasteiger partial charge >= 0.3 is 0 Å². The van der Waals surface area contributed by atoms with Crippen LogP contribution in [0.25, 0.3) is 99.2 Å². The van der Waals surface area contributed by atoms with Crippen LogP contribution >= 0.6 is 0 Å². The second-order valence-corrected chi connectivity index (χ2v) is 13.4. The van der Waals surface area contributed by atoms with Crippen molar-refractivity contribution in [3.63, 3.8) is 0 Å². The van der Waals surface area contributed by atoms with Crippen LogP contribution in [0, 0.1) is 0 Å². The maximum absolute atomic E-state index is 6.14. The Bertz CT molecular complexity index is 3120. The van der Waals surface area contributed by atoms with Crippen LogP contribution in [0.3, 0.4) is 0 Å². The SMILES string of the molecule is c1ccc(-c2ccc(-n3c4ccccc4c4cc5c(cc43)c3ccccc3n5-c3cccc(-c4ccc5oc6ccccc6c5c4)c3)cc2)cc1. The van der Waals surface area contributed by atoms with Crippen molar-refractivity contribution in [1.29, 1.82) is 0 Å². The van der Waals surface area contributed by atoms with Gasteiger partial charge in [-0.2, -0.15) is 0 Å². The van der Waals surface area contributed by atoms with E-state index in [1.54, 1.807) is 0 Å². The van der Waals surface area contributed by atoms with Crippen molar-refractivity contribution in [3.05, 3.63) is 182 Å². The van der Waals surface area contributed by atoms with Crippen LogP contribution in [0.5, 0.6) is 0 Å². The van der Waals surface area contributed by atoms with Gasteiger partial charge in [0, 0.05) is 43.7 Å². The Hall–Kier alpha value is -6.84. The van der Waals surface area contributed by atoms with Gasteiger partial charge in [0.2, 0.25) is 0 Å². The average molecular weight is 651 g/mol. The van der Waals surface area contributed by atoms with E-state index in [-0.39, 0.29) is 0 Å². The van der Waals surface area contributed by atoms with Crippen molar-refractivity contribution < 1.29 is 4.42 Å². The van der Waals surface area contributed by atoms with Gasteiger partial charge in [0.1, 0.15) is 11.2 Å². The fraction of sp³-hybridized carbons (Fsp3) is 0. The average Bonchev–Trinajstić information content (AvgIpc) is 3.84. The Morgan fingerprint density at radius 1 is 0.275 bits per heavy atom. The molecular formula is C48H30N2O. The monoisotopic (exact) mass is 650 g/mol. The molecule has 3 heterocycles. The molecule has 0 bridgehead atoms. The Morgan fingerprint density at radius 3 is 1.53 bits per heavy atom. The van der Waals surface area contributed by atoms with Crippen LogP contribution < -0.4 is 0 Å². The molecule has 0 radical (unpaired) electrons. The van der Waals surface area contributed by atoms with E-state index in [0.717, 1.165) is 33.3 Å². The van der Waals surface area contributed by atoms with Crippen molar-refractivity contribution >= 4 is 65.6 Å². The van der Waals surface area contributed by atoms with Gasteiger partial charge in [-0.15, -0.1) is 0 Å². The molecule has 3 heteroatoms. The Balaban J connectivity index is 1.12. The lowest BCUT2D eigenvalue weighted by molar-refractivity contribution is 0.669. The van der Waals surface area contributed by atoms with E-state index in [1.807, 2.05) is 12.1 Å². The molecule has 0 spiro atoms. The van der Waals surface area contributed by atoms with E-state index in [4.69, 9.17) is 4.42 Å². The fourth-order valence-corrected chi connectivity index (χ4v) is 8.15. The zero-order chi connectivity index (χ0) is 33.5. The molecule has 0 saturated carbocycles. The lowest BCUT2D eigenvalue weighted by Gasteiger charge is -2.11. The van der Waals surface area contributed by atoms with Crippen LogP contribution in [0.15, 0.2) is 186 Å². The normalized spacial score (nSPS) is 11.9. The number of nitrogens with zero attached hydrogens (tertiary/aromatic N) is 2. The largest absolute Gasteiger partial charge is 0.456 e. The van der Waals surface area contributed by atoms with E-state index < -0.39 is 0 Å². The number of rotatable bonds is 4. The van der Waals surface area contributed by atoms with Crippen LogP contribution in [0.2, 0.25) is 0 Å². The summed E-state index contributed by atoms with van der Waals surface area (Å²) in [6.07, 6.45) is 0. The summed E-state index contributed by atoms with van der Waals surface area (Å²) in [6, 6.07) is 65.6. The van der Waals surface area contributed by atoms with E-state index in [2.05, 4.69) is 179 Å². The van der Waals surface area contributed by atoms with Gasteiger partial charge in [0.25, 0.3) is 0 Å². The highest BCUT2D eigenvalue weighted by molar-refractivity contribution is 6.19. The van der Waals surface area contributed by atoms with Crippen molar-refractivity contribution in [2.45, 2.75) is 0 Å².